The number of amides is 1. The van der Waals surface area contributed by atoms with Crippen molar-refractivity contribution < 1.29 is 4.79 Å². The van der Waals surface area contributed by atoms with Gasteiger partial charge in [0.15, 0.2) is 4.80 Å². The summed E-state index contributed by atoms with van der Waals surface area (Å²) in [6, 6.07) is 7.65. The summed E-state index contributed by atoms with van der Waals surface area (Å²) in [6.07, 6.45) is 5.15. The Kier molecular flexibility index (Phi) is 4.73. The molecule has 0 N–H and O–H groups in total. The van der Waals surface area contributed by atoms with Crippen molar-refractivity contribution in [1.82, 2.24) is 14.3 Å². The SMILES string of the molecule is CCn1cc(C(=O)N=c2sccn2Cc2ccccc2Cl)cn1. The van der Waals surface area contributed by atoms with Gasteiger partial charge in [-0.25, -0.2) is 0 Å². The Hall–Kier alpha value is -2.18. The highest BCUT2D eigenvalue weighted by Gasteiger charge is 2.08. The number of benzene rings is 1. The van der Waals surface area contributed by atoms with E-state index >= 15 is 0 Å². The molecule has 0 unspecified atom stereocenters. The molecule has 2 heterocycles. The molecule has 0 atom stereocenters. The van der Waals surface area contributed by atoms with Crippen LogP contribution in [-0.4, -0.2) is 20.3 Å². The van der Waals surface area contributed by atoms with E-state index in [1.54, 1.807) is 17.1 Å². The number of aromatic nitrogens is 3. The van der Waals surface area contributed by atoms with Gasteiger partial charge in [-0.2, -0.15) is 10.1 Å². The van der Waals surface area contributed by atoms with Crippen molar-refractivity contribution in [2.45, 2.75) is 20.0 Å². The van der Waals surface area contributed by atoms with E-state index in [1.807, 2.05) is 47.3 Å². The number of carbonyl (C=O) groups excluding carboxylic acids is 1. The van der Waals surface area contributed by atoms with Gasteiger partial charge in [0.2, 0.25) is 0 Å². The summed E-state index contributed by atoms with van der Waals surface area (Å²) in [6.45, 7) is 3.26. The molecule has 3 aromatic rings. The molecule has 1 aromatic carbocycles. The van der Waals surface area contributed by atoms with Gasteiger partial charge in [0, 0.05) is 29.3 Å². The summed E-state index contributed by atoms with van der Waals surface area (Å²) in [4.78, 5) is 17.1. The first-order chi connectivity index (χ1) is 11.2. The molecular formula is C16H15ClN4OS. The molecule has 0 spiro atoms. The van der Waals surface area contributed by atoms with Crippen LogP contribution in [0.2, 0.25) is 5.02 Å². The zero-order chi connectivity index (χ0) is 16.2. The molecule has 118 valence electrons. The van der Waals surface area contributed by atoms with E-state index in [9.17, 15) is 4.79 Å². The standard InChI is InChI=1S/C16H15ClN4OS/c1-2-21-11-13(9-18-21)15(22)19-16-20(7-8-23-16)10-12-5-3-4-6-14(12)17/h3-9,11H,2,10H2,1H3. The van der Waals surface area contributed by atoms with E-state index in [4.69, 9.17) is 11.6 Å². The van der Waals surface area contributed by atoms with Crippen molar-refractivity contribution in [3.05, 3.63) is 69.2 Å². The first-order valence-corrected chi connectivity index (χ1v) is 8.42. The smallest absolute Gasteiger partial charge is 0.282 e. The van der Waals surface area contributed by atoms with E-state index in [0.29, 0.717) is 21.9 Å². The number of rotatable bonds is 4. The van der Waals surface area contributed by atoms with Crippen LogP contribution < -0.4 is 4.80 Å². The van der Waals surface area contributed by atoms with Gasteiger partial charge in [-0.15, -0.1) is 11.3 Å². The van der Waals surface area contributed by atoms with Gasteiger partial charge in [0.05, 0.1) is 18.3 Å². The number of nitrogens with zero attached hydrogens (tertiary/aromatic N) is 4. The highest BCUT2D eigenvalue weighted by molar-refractivity contribution is 7.07. The molecule has 0 aliphatic rings. The predicted octanol–water partition coefficient (Wildman–Crippen LogP) is 3.21. The Morgan fingerprint density at radius 1 is 1.39 bits per heavy atom. The summed E-state index contributed by atoms with van der Waals surface area (Å²) >= 11 is 7.61. The number of thiazole rings is 1. The minimum atomic E-state index is -0.292. The molecule has 0 fully saturated rings. The average Bonchev–Trinajstić information content (AvgIpc) is 3.19. The summed E-state index contributed by atoms with van der Waals surface area (Å²) in [7, 11) is 0. The Balaban J connectivity index is 1.88. The van der Waals surface area contributed by atoms with Crippen LogP contribution in [0.3, 0.4) is 0 Å². The molecule has 7 heteroatoms. The Morgan fingerprint density at radius 3 is 2.96 bits per heavy atom. The zero-order valence-electron chi connectivity index (χ0n) is 12.5. The van der Waals surface area contributed by atoms with E-state index in [0.717, 1.165) is 12.1 Å². The third-order valence-corrected chi connectivity index (χ3v) is 4.52. The largest absolute Gasteiger partial charge is 0.319 e. The maximum absolute atomic E-state index is 12.3. The number of hydrogen-bond donors (Lipinski definition) is 0. The third kappa shape index (κ3) is 3.60. The fourth-order valence-electron chi connectivity index (χ4n) is 2.12. The monoisotopic (exact) mass is 346 g/mol. The van der Waals surface area contributed by atoms with Gasteiger partial charge in [0.25, 0.3) is 5.91 Å². The van der Waals surface area contributed by atoms with E-state index < -0.39 is 0 Å². The first kappa shape index (κ1) is 15.7. The van der Waals surface area contributed by atoms with Gasteiger partial charge in [-0.3, -0.25) is 9.48 Å². The van der Waals surface area contributed by atoms with Crippen LogP contribution in [0.5, 0.6) is 0 Å². The van der Waals surface area contributed by atoms with Crippen molar-refractivity contribution in [3.63, 3.8) is 0 Å². The lowest BCUT2D eigenvalue weighted by molar-refractivity contribution is 0.0997. The van der Waals surface area contributed by atoms with E-state index in [-0.39, 0.29) is 5.91 Å². The summed E-state index contributed by atoms with van der Waals surface area (Å²) < 4.78 is 3.61. The molecule has 0 saturated carbocycles. The van der Waals surface area contributed by atoms with Crippen molar-refractivity contribution in [3.8, 4) is 0 Å². The highest BCUT2D eigenvalue weighted by Crippen LogP contribution is 2.15. The Labute approximate surface area is 142 Å². The minimum Gasteiger partial charge on any atom is -0.319 e. The Morgan fingerprint density at radius 2 is 2.22 bits per heavy atom. The van der Waals surface area contributed by atoms with Crippen LogP contribution in [0.25, 0.3) is 0 Å². The summed E-state index contributed by atoms with van der Waals surface area (Å²) in [5.41, 5.74) is 1.48. The maximum Gasteiger partial charge on any atom is 0.282 e. The lowest BCUT2D eigenvalue weighted by Crippen LogP contribution is -2.17. The second-order valence-corrected chi connectivity index (χ2v) is 6.19. The molecule has 0 bridgehead atoms. The van der Waals surface area contributed by atoms with Gasteiger partial charge < -0.3 is 4.57 Å². The number of aryl methyl sites for hydroxylation is 1. The molecule has 0 radical (unpaired) electrons. The zero-order valence-corrected chi connectivity index (χ0v) is 14.1. The fourth-order valence-corrected chi connectivity index (χ4v) is 3.04. The maximum atomic E-state index is 12.3. The molecule has 1 amide bonds. The van der Waals surface area contributed by atoms with Crippen molar-refractivity contribution in [2.24, 2.45) is 4.99 Å². The van der Waals surface area contributed by atoms with Crippen LogP contribution in [0.1, 0.15) is 22.8 Å². The lowest BCUT2D eigenvalue weighted by Gasteiger charge is -2.05. The van der Waals surface area contributed by atoms with Crippen molar-refractivity contribution >= 4 is 28.8 Å². The topological polar surface area (TPSA) is 52.2 Å². The van der Waals surface area contributed by atoms with Gasteiger partial charge in [-0.1, -0.05) is 29.8 Å². The van der Waals surface area contributed by atoms with Crippen molar-refractivity contribution in [1.29, 1.82) is 0 Å². The molecule has 23 heavy (non-hydrogen) atoms. The van der Waals surface area contributed by atoms with Crippen LogP contribution >= 0.6 is 22.9 Å². The second kappa shape index (κ2) is 6.93. The number of halogens is 1. The van der Waals surface area contributed by atoms with E-state index in [1.165, 1.54) is 11.3 Å². The fraction of sp³-hybridized carbons (Fsp3) is 0.188. The van der Waals surface area contributed by atoms with Crippen LogP contribution in [0.15, 0.2) is 53.2 Å². The molecular weight excluding hydrogens is 332 g/mol. The summed E-state index contributed by atoms with van der Waals surface area (Å²) in [5, 5.41) is 6.70. The molecule has 2 aromatic heterocycles. The molecule has 0 aliphatic carbocycles. The van der Waals surface area contributed by atoms with Crippen molar-refractivity contribution in [2.75, 3.05) is 0 Å². The second-order valence-electron chi connectivity index (χ2n) is 4.91. The average molecular weight is 347 g/mol. The minimum absolute atomic E-state index is 0.292. The van der Waals surface area contributed by atoms with Crippen LogP contribution in [-0.2, 0) is 13.1 Å². The third-order valence-electron chi connectivity index (χ3n) is 3.36. The van der Waals surface area contributed by atoms with E-state index in [2.05, 4.69) is 10.1 Å². The molecule has 3 rings (SSSR count). The quantitative estimate of drug-likeness (QED) is 0.728. The highest BCUT2D eigenvalue weighted by atomic mass is 35.5. The first-order valence-electron chi connectivity index (χ1n) is 7.16. The van der Waals surface area contributed by atoms with Crippen LogP contribution in [0, 0.1) is 0 Å². The molecule has 5 nitrogen and oxygen atoms in total. The Bertz CT molecular complexity index is 893. The number of hydrogen-bond acceptors (Lipinski definition) is 3. The van der Waals surface area contributed by atoms with Gasteiger partial charge in [0.1, 0.15) is 0 Å². The van der Waals surface area contributed by atoms with Gasteiger partial charge in [-0.05, 0) is 18.6 Å². The molecule has 0 aliphatic heterocycles. The van der Waals surface area contributed by atoms with Crippen LogP contribution in [0.4, 0.5) is 0 Å². The summed E-state index contributed by atoms with van der Waals surface area (Å²) in [5.74, 6) is -0.292. The lowest BCUT2D eigenvalue weighted by atomic mass is 10.2. The predicted molar refractivity (Wildman–Crippen MR) is 90.7 cm³/mol. The molecule has 0 saturated heterocycles. The normalized spacial score (nSPS) is 11.8. The number of carbonyl (C=O) groups is 1. The van der Waals surface area contributed by atoms with Gasteiger partial charge >= 0.3 is 0 Å².